The van der Waals surface area contributed by atoms with Crippen LogP contribution in [0.25, 0.3) is 0 Å². The van der Waals surface area contributed by atoms with Gasteiger partial charge in [0.25, 0.3) is 0 Å². The van der Waals surface area contributed by atoms with E-state index in [1.807, 2.05) is 27.1 Å². The number of aromatic nitrogens is 2. The van der Waals surface area contributed by atoms with Gasteiger partial charge in [-0.15, -0.1) is 22.7 Å². The molecule has 2 aromatic heterocycles. The first-order valence-corrected chi connectivity index (χ1v) is 6.89. The van der Waals surface area contributed by atoms with Crippen LogP contribution in [-0.2, 0) is 6.42 Å². The van der Waals surface area contributed by atoms with Crippen molar-refractivity contribution in [3.8, 4) is 0 Å². The number of aryl methyl sites for hydroxylation is 2. The van der Waals surface area contributed by atoms with Crippen LogP contribution in [0.3, 0.4) is 0 Å². The Hall–Kier alpha value is -0.780. The van der Waals surface area contributed by atoms with Gasteiger partial charge < -0.3 is 5.32 Å². The van der Waals surface area contributed by atoms with Crippen molar-refractivity contribution in [1.29, 1.82) is 0 Å². The van der Waals surface area contributed by atoms with E-state index in [4.69, 9.17) is 0 Å². The Morgan fingerprint density at radius 2 is 2.25 bits per heavy atom. The molecule has 1 unspecified atom stereocenters. The first-order chi connectivity index (χ1) is 7.69. The van der Waals surface area contributed by atoms with Gasteiger partial charge in [0.1, 0.15) is 0 Å². The maximum absolute atomic E-state index is 4.49. The van der Waals surface area contributed by atoms with E-state index in [-0.39, 0.29) is 0 Å². The van der Waals surface area contributed by atoms with Crippen LogP contribution in [-0.4, -0.2) is 17.0 Å². The molecule has 0 saturated carbocycles. The second-order valence-corrected chi connectivity index (χ2v) is 5.92. The van der Waals surface area contributed by atoms with Crippen LogP contribution < -0.4 is 5.32 Å². The molecule has 0 aliphatic heterocycles. The molecule has 0 aliphatic rings. The topological polar surface area (TPSA) is 37.8 Å². The lowest BCUT2D eigenvalue weighted by Crippen LogP contribution is -2.17. The minimum Gasteiger partial charge on any atom is -0.312 e. The molecule has 0 spiro atoms. The van der Waals surface area contributed by atoms with E-state index in [0.29, 0.717) is 6.04 Å². The summed E-state index contributed by atoms with van der Waals surface area (Å²) >= 11 is 3.48. The van der Waals surface area contributed by atoms with Crippen LogP contribution in [0.2, 0.25) is 0 Å². The van der Waals surface area contributed by atoms with E-state index in [9.17, 15) is 0 Å². The Morgan fingerprint density at radius 3 is 2.75 bits per heavy atom. The molecular weight excluding hydrogens is 238 g/mol. The first kappa shape index (κ1) is 11.7. The SMILES string of the molecule is CNC(Cc1nc(C)cs1)c1cnc(C)s1. The van der Waals surface area contributed by atoms with Crippen LogP contribution >= 0.6 is 22.7 Å². The van der Waals surface area contributed by atoms with Crippen molar-refractivity contribution >= 4 is 22.7 Å². The predicted octanol–water partition coefficient (Wildman–Crippen LogP) is 2.72. The summed E-state index contributed by atoms with van der Waals surface area (Å²) in [4.78, 5) is 10.1. The van der Waals surface area contributed by atoms with Crippen molar-refractivity contribution in [3.63, 3.8) is 0 Å². The second-order valence-electron chi connectivity index (χ2n) is 3.71. The molecule has 2 heterocycles. The second kappa shape index (κ2) is 5.03. The Labute approximate surface area is 104 Å². The number of nitrogens with one attached hydrogen (secondary N) is 1. The van der Waals surface area contributed by atoms with Gasteiger partial charge in [-0.25, -0.2) is 9.97 Å². The maximum Gasteiger partial charge on any atom is 0.0947 e. The van der Waals surface area contributed by atoms with Crippen LogP contribution in [0, 0.1) is 13.8 Å². The van der Waals surface area contributed by atoms with Gasteiger partial charge in [-0.3, -0.25) is 0 Å². The first-order valence-electron chi connectivity index (χ1n) is 5.19. The number of likely N-dealkylation sites (N-methyl/N-ethyl adjacent to an activating group) is 1. The highest BCUT2D eigenvalue weighted by atomic mass is 32.1. The zero-order chi connectivity index (χ0) is 11.5. The van der Waals surface area contributed by atoms with Crippen molar-refractivity contribution in [2.45, 2.75) is 26.3 Å². The Morgan fingerprint density at radius 1 is 1.44 bits per heavy atom. The number of hydrogen-bond acceptors (Lipinski definition) is 5. The smallest absolute Gasteiger partial charge is 0.0947 e. The molecule has 2 rings (SSSR count). The summed E-state index contributed by atoms with van der Waals surface area (Å²) in [7, 11) is 1.99. The van der Waals surface area contributed by atoms with Crippen LogP contribution in [0.4, 0.5) is 0 Å². The van der Waals surface area contributed by atoms with E-state index in [1.165, 1.54) is 9.88 Å². The normalized spacial score (nSPS) is 12.9. The molecule has 0 radical (unpaired) electrons. The zero-order valence-corrected chi connectivity index (χ0v) is 11.3. The third-order valence-corrected chi connectivity index (χ3v) is 4.39. The maximum atomic E-state index is 4.49. The fourth-order valence-electron chi connectivity index (χ4n) is 1.55. The molecule has 1 atom stereocenters. The van der Waals surface area contributed by atoms with Crippen LogP contribution in [0.5, 0.6) is 0 Å². The molecule has 5 heteroatoms. The van der Waals surface area contributed by atoms with E-state index in [2.05, 4.69) is 20.7 Å². The highest BCUT2D eigenvalue weighted by molar-refractivity contribution is 7.11. The monoisotopic (exact) mass is 253 g/mol. The average Bonchev–Trinajstić information content (AvgIpc) is 2.84. The molecule has 1 N–H and O–H groups in total. The quantitative estimate of drug-likeness (QED) is 0.910. The number of hydrogen-bond donors (Lipinski definition) is 1. The Balaban J connectivity index is 2.12. The predicted molar refractivity (Wildman–Crippen MR) is 69.2 cm³/mol. The summed E-state index contributed by atoms with van der Waals surface area (Å²) in [5.74, 6) is 0. The van der Waals surface area contributed by atoms with Crippen molar-refractivity contribution in [2.24, 2.45) is 0 Å². The molecule has 3 nitrogen and oxygen atoms in total. The largest absolute Gasteiger partial charge is 0.312 e. The van der Waals surface area contributed by atoms with Gasteiger partial charge in [0.2, 0.25) is 0 Å². The summed E-state index contributed by atoms with van der Waals surface area (Å²) in [6.45, 7) is 4.07. The third-order valence-electron chi connectivity index (χ3n) is 2.38. The van der Waals surface area contributed by atoms with Crippen LogP contribution in [0.1, 0.15) is 26.6 Å². The third kappa shape index (κ3) is 2.66. The minimum absolute atomic E-state index is 0.330. The molecule has 0 bridgehead atoms. The number of rotatable bonds is 4. The van der Waals surface area contributed by atoms with Gasteiger partial charge in [-0.2, -0.15) is 0 Å². The zero-order valence-electron chi connectivity index (χ0n) is 9.65. The van der Waals surface area contributed by atoms with Crippen molar-refractivity contribution in [3.05, 3.63) is 32.2 Å². The molecule has 0 aliphatic carbocycles. The van der Waals surface area contributed by atoms with E-state index >= 15 is 0 Å². The summed E-state index contributed by atoms with van der Waals surface area (Å²) < 4.78 is 0. The molecule has 0 aromatic carbocycles. The molecule has 0 amide bonds. The average molecular weight is 253 g/mol. The standard InChI is InChI=1S/C11H15N3S2/c1-7-6-15-11(14-7)4-9(12-3)10-5-13-8(2)16-10/h5-6,9,12H,4H2,1-3H3. The van der Waals surface area contributed by atoms with Gasteiger partial charge in [-0.05, 0) is 20.9 Å². The van der Waals surface area contributed by atoms with Gasteiger partial charge in [-0.1, -0.05) is 0 Å². The summed E-state index contributed by atoms with van der Waals surface area (Å²) in [5, 5.41) is 7.72. The molecule has 86 valence electrons. The van der Waals surface area contributed by atoms with Crippen molar-refractivity contribution < 1.29 is 0 Å². The molecule has 0 saturated heterocycles. The molecule has 0 fully saturated rings. The van der Waals surface area contributed by atoms with Gasteiger partial charge in [0.15, 0.2) is 0 Å². The highest BCUT2D eigenvalue weighted by Crippen LogP contribution is 2.24. The molecule has 2 aromatic rings. The molecule has 16 heavy (non-hydrogen) atoms. The lowest BCUT2D eigenvalue weighted by Gasteiger charge is -2.11. The van der Waals surface area contributed by atoms with E-state index in [1.54, 1.807) is 22.7 Å². The van der Waals surface area contributed by atoms with E-state index < -0.39 is 0 Å². The highest BCUT2D eigenvalue weighted by Gasteiger charge is 2.14. The van der Waals surface area contributed by atoms with Crippen molar-refractivity contribution in [1.82, 2.24) is 15.3 Å². The summed E-state index contributed by atoms with van der Waals surface area (Å²) in [6, 6.07) is 0.330. The Kier molecular flexibility index (Phi) is 3.68. The fourth-order valence-corrected chi connectivity index (χ4v) is 3.27. The lowest BCUT2D eigenvalue weighted by atomic mass is 10.2. The van der Waals surface area contributed by atoms with E-state index in [0.717, 1.165) is 17.1 Å². The van der Waals surface area contributed by atoms with Gasteiger partial charge in [0.05, 0.1) is 10.0 Å². The van der Waals surface area contributed by atoms with Gasteiger partial charge in [0, 0.05) is 34.6 Å². The van der Waals surface area contributed by atoms with Crippen LogP contribution in [0.15, 0.2) is 11.6 Å². The minimum atomic E-state index is 0.330. The number of nitrogens with zero attached hydrogens (tertiary/aromatic N) is 2. The lowest BCUT2D eigenvalue weighted by molar-refractivity contribution is 0.599. The number of thiazole rings is 2. The van der Waals surface area contributed by atoms with Crippen molar-refractivity contribution in [2.75, 3.05) is 7.05 Å². The molecular formula is C11H15N3S2. The Bertz CT molecular complexity index is 461. The fraction of sp³-hybridized carbons (Fsp3) is 0.455. The summed E-state index contributed by atoms with van der Waals surface area (Å²) in [6.07, 6.45) is 2.90. The van der Waals surface area contributed by atoms with Gasteiger partial charge >= 0.3 is 0 Å². The summed E-state index contributed by atoms with van der Waals surface area (Å²) in [5.41, 5.74) is 1.11.